The Kier molecular flexibility index (Phi) is 5.20. The molecular weight excluding hydrogens is 323 g/mol. The van der Waals surface area contributed by atoms with Crippen molar-refractivity contribution in [1.82, 2.24) is 14.9 Å². The number of amides is 1. The van der Waals surface area contributed by atoms with Crippen molar-refractivity contribution in [2.45, 2.75) is 32.6 Å². The minimum absolute atomic E-state index is 0.177. The van der Waals surface area contributed by atoms with Crippen molar-refractivity contribution >= 4 is 11.9 Å². The van der Waals surface area contributed by atoms with Crippen LogP contribution in [0.25, 0.3) is 0 Å². The molecule has 0 saturated carbocycles. The van der Waals surface area contributed by atoms with Crippen LogP contribution in [0.5, 0.6) is 5.75 Å². The number of piperidine rings is 1. The molecule has 3 heterocycles. The van der Waals surface area contributed by atoms with Crippen LogP contribution in [0.4, 0.5) is 10.3 Å². The maximum atomic E-state index is 12.5. The molecule has 2 aliphatic rings. The average Bonchev–Trinajstić information content (AvgIpc) is 2.92. The summed E-state index contributed by atoms with van der Waals surface area (Å²) in [5.74, 6) is 1.46. The maximum Gasteiger partial charge on any atom is 0.228 e. The number of carbonyl (C=O) groups is 1. The van der Waals surface area contributed by atoms with Crippen molar-refractivity contribution in [3.63, 3.8) is 0 Å². The summed E-state index contributed by atoms with van der Waals surface area (Å²) in [6, 6.07) is 0. The highest BCUT2D eigenvalue weighted by Gasteiger charge is 2.47. The smallest absolute Gasteiger partial charge is 0.228 e. The van der Waals surface area contributed by atoms with Crippen molar-refractivity contribution in [2.24, 2.45) is 5.41 Å². The SMILES string of the molecule is CCC(=CF)COc1cnc(N2CCC3(CCN(C)C3=O)CC2)nc1. The number of nitrogens with zero attached hydrogens (tertiary/aromatic N) is 4. The van der Waals surface area contributed by atoms with Gasteiger partial charge in [0.25, 0.3) is 0 Å². The minimum atomic E-state index is -0.177. The first-order valence-electron chi connectivity index (χ1n) is 8.81. The third-order valence-electron chi connectivity index (χ3n) is 5.38. The van der Waals surface area contributed by atoms with E-state index < -0.39 is 0 Å². The molecule has 0 unspecified atom stereocenters. The molecule has 1 aromatic rings. The normalized spacial score (nSPS) is 20.4. The first-order valence-corrected chi connectivity index (χ1v) is 8.81. The van der Waals surface area contributed by atoms with Gasteiger partial charge in [0.2, 0.25) is 11.9 Å². The van der Waals surface area contributed by atoms with E-state index in [1.54, 1.807) is 12.4 Å². The maximum absolute atomic E-state index is 12.5. The zero-order valence-corrected chi connectivity index (χ0v) is 14.9. The third-order valence-corrected chi connectivity index (χ3v) is 5.38. The van der Waals surface area contributed by atoms with E-state index in [0.717, 1.165) is 38.9 Å². The van der Waals surface area contributed by atoms with Crippen LogP contribution in [0.1, 0.15) is 32.6 Å². The summed E-state index contributed by atoms with van der Waals surface area (Å²) in [7, 11) is 1.88. The highest BCUT2D eigenvalue weighted by atomic mass is 19.1. The molecule has 0 radical (unpaired) electrons. The number of carbonyl (C=O) groups excluding carboxylic acids is 1. The van der Waals surface area contributed by atoms with E-state index in [0.29, 0.717) is 30.0 Å². The molecule has 0 aliphatic carbocycles. The van der Waals surface area contributed by atoms with Crippen LogP contribution >= 0.6 is 0 Å². The van der Waals surface area contributed by atoms with Gasteiger partial charge in [-0.05, 0) is 31.3 Å². The molecule has 2 aliphatic heterocycles. The second kappa shape index (κ2) is 7.37. The van der Waals surface area contributed by atoms with Gasteiger partial charge in [-0.3, -0.25) is 4.79 Å². The highest BCUT2D eigenvalue weighted by Crippen LogP contribution is 2.41. The number of rotatable bonds is 5. The molecule has 2 saturated heterocycles. The zero-order valence-electron chi connectivity index (χ0n) is 14.9. The lowest BCUT2D eigenvalue weighted by Crippen LogP contribution is -2.44. The van der Waals surface area contributed by atoms with Crippen LogP contribution in [-0.2, 0) is 4.79 Å². The first kappa shape index (κ1) is 17.6. The summed E-state index contributed by atoms with van der Waals surface area (Å²) in [4.78, 5) is 25.1. The number of hydrogen-bond acceptors (Lipinski definition) is 5. The van der Waals surface area contributed by atoms with Crippen molar-refractivity contribution in [3.8, 4) is 5.75 Å². The monoisotopic (exact) mass is 348 g/mol. The van der Waals surface area contributed by atoms with Gasteiger partial charge in [-0.2, -0.15) is 0 Å². The molecule has 7 heteroatoms. The Labute approximate surface area is 147 Å². The van der Waals surface area contributed by atoms with Gasteiger partial charge in [0.05, 0.1) is 24.1 Å². The van der Waals surface area contributed by atoms with Crippen molar-refractivity contribution in [3.05, 3.63) is 24.3 Å². The molecule has 1 aromatic heterocycles. The molecular formula is C18H25FN4O2. The Morgan fingerprint density at radius 2 is 1.92 bits per heavy atom. The van der Waals surface area contributed by atoms with E-state index in [-0.39, 0.29) is 17.9 Å². The average molecular weight is 348 g/mol. The summed E-state index contributed by atoms with van der Waals surface area (Å²) in [5, 5.41) is 0. The second-order valence-electron chi connectivity index (χ2n) is 6.87. The number of aromatic nitrogens is 2. The van der Waals surface area contributed by atoms with Gasteiger partial charge in [0.1, 0.15) is 6.61 Å². The molecule has 136 valence electrons. The fourth-order valence-electron chi connectivity index (χ4n) is 3.53. The Balaban J connectivity index is 1.56. The fraction of sp³-hybridized carbons (Fsp3) is 0.611. The fourth-order valence-corrected chi connectivity index (χ4v) is 3.53. The van der Waals surface area contributed by atoms with E-state index in [4.69, 9.17) is 4.74 Å². The number of anilines is 1. The van der Waals surface area contributed by atoms with Crippen molar-refractivity contribution in [2.75, 3.05) is 38.2 Å². The Hall–Kier alpha value is -2.18. The van der Waals surface area contributed by atoms with E-state index in [9.17, 15) is 9.18 Å². The number of hydrogen-bond donors (Lipinski definition) is 0. The second-order valence-corrected chi connectivity index (χ2v) is 6.87. The first-order chi connectivity index (χ1) is 12.1. The lowest BCUT2D eigenvalue weighted by Gasteiger charge is -2.37. The Morgan fingerprint density at radius 1 is 1.28 bits per heavy atom. The van der Waals surface area contributed by atoms with Crippen LogP contribution in [0.2, 0.25) is 0 Å². The predicted octanol–water partition coefficient (Wildman–Crippen LogP) is 2.57. The molecule has 1 amide bonds. The Morgan fingerprint density at radius 3 is 2.44 bits per heavy atom. The number of likely N-dealkylation sites (tertiary alicyclic amines) is 1. The predicted molar refractivity (Wildman–Crippen MR) is 93.1 cm³/mol. The van der Waals surface area contributed by atoms with Crippen LogP contribution in [0, 0.1) is 5.41 Å². The van der Waals surface area contributed by atoms with Crippen LogP contribution < -0.4 is 9.64 Å². The quantitative estimate of drug-likeness (QED) is 0.818. The van der Waals surface area contributed by atoms with Gasteiger partial charge in [0.15, 0.2) is 5.75 Å². The summed E-state index contributed by atoms with van der Waals surface area (Å²) in [6.07, 6.45) is 7.07. The van der Waals surface area contributed by atoms with Gasteiger partial charge in [0, 0.05) is 26.7 Å². The summed E-state index contributed by atoms with van der Waals surface area (Å²) in [5.41, 5.74) is 0.417. The van der Waals surface area contributed by atoms with E-state index in [1.807, 2.05) is 18.9 Å². The van der Waals surface area contributed by atoms with Gasteiger partial charge in [-0.1, -0.05) is 6.92 Å². The largest absolute Gasteiger partial charge is 0.486 e. The molecule has 25 heavy (non-hydrogen) atoms. The Bertz CT molecular complexity index is 639. The van der Waals surface area contributed by atoms with Gasteiger partial charge >= 0.3 is 0 Å². The molecule has 0 bridgehead atoms. The van der Waals surface area contributed by atoms with Crippen molar-refractivity contribution < 1.29 is 13.9 Å². The van der Waals surface area contributed by atoms with Gasteiger partial charge in [-0.15, -0.1) is 0 Å². The summed E-state index contributed by atoms with van der Waals surface area (Å²) >= 11 is 0. The molecule has 3 rings (SSSR count). The van der Waals surface area contributed by atoms with Gasteiger partial charge in [-0.25, -0.2) is 14.4 Å². The van der Waals surface area contributed by atoms with Crippen LogP contribution in [0.3, 0.4) is 0 Å². The highest BCUT2D eigenvalue weighted by molar-refractivity contribution is 5.84. The molecule has 1 spiro atoms. The van der Waals surface area contributed by atoms with Gasteiger partial charge < -0.3 is 14.5 Å². The molecule has 0 aromatic carbocycles. The molecule has 0 atom stereocenters. The van der Waals surface area contributed by atoms with E-state index >= 15 is 0 Å². The van der Waals surface area contributed by atoms with E-state index in [2.05, 4.69) is 14.9 Å². The van der Waals surface area contributed by atoms with E-state index in [1.165, 1.54) is 0 Å². The molecule has 0 N–H and O–H groups in total. The topological polar surface area (TPSA) is 58.6 Å². The number of halogens is 1. The molecule has 2 fully saturated rings. The zero-order chi connectivity index (χ0) is 17.9. The standard InChI is InChI=1S/C18H25FN4O2/c1-3-14(10-19)13-25-15-11-20-17(21-12-15)23-8-5-18(6-9-23)4-7-22(2)16(18)24/h10-12H,3-9,13H2,1-2H3. The minimum Gasteiger partial charge on any atom is -0.486 e. The summed E-state index contributed by atoms with van der Waals surface area (Å²) in [6.45, 7) is 4.51. The third kappa shape index (κ3) is 3.60. The lowest BCUT2D eigenvalue weighted by molar-refractivity contribution is -0.135. The molecule has 6 nitrogen and oxygen atoms in total. The van der Waals surface area contributed by atoms with Crippen LogP contribution in [0.15, 0.2) is 24.3 Å². The lowest BCUT2D eigenvalue weighted by atomic mass is 9.77. The van der Waals surface area contributed by atoms with Crippen LogP contribution in [-0.4, -0.2) is 54.1 Å². The number of ether oxygens (including phenoxy) is 1. The van der Waals surface area contributed by atoms with Crippen molar-refractivity contribution in [1.29, 1.82) is 0 Å². The summed E-state index contributed by atoms with van der Waals surface area (Å²) < 4.78 is 18.0.